The molecule has 1 aliphatic rings. The molecule has 0 saturated carbocycles. The van der Waals surface area contributed by atoms with E-state index in [1.165, 1.54) is 0 Å². The molecule has 1 N–H and O–H groups in total. The summed E-state index contributed by atoms with van der Waals surface area (Å²) in [4.78, 5) is 2.34. The summed E-state index contributed by atoms with van der Waals surface area (Å²) in [5.74, 6) is 0.828. The van der Waals surface area contributed by atoms with Gasteiger partial charge in [0.1, 0.15) is 5.82 Å². The number of halogens is 2. The van der Waals surface area contributed by atoms with Gasteiger partial charge in [-0.25, -0.2) is 4.39 Å². The molecule has 1 saturated heterocycles. The number of anilines is 1. The zero-order valence-electron chi connectivity index (χ0n) is 13.4. The molecule has 2 unspecified atom stereocenters. The van der Waals surface area contributed by atoms with Gasteiger partial charge < -0.3 is 10.2 Å². The van der Waals surface area contributed by atoms with Crippen LogP contribution in [0, 0.1) is 17.7 Å². The van der Waals surface area contributed by atoms with Gasteiger partial charge in [0.2, 0.25) is 0 Å². The van der Waals surface area contributed by atoms with E-state index in [0.717, 1.165) is 25.2 Å². The molecule has 0 spiro atoms. The number of hydrogen-bond acceptors (Lipinski definition) is 2. The normalized spacial score (nSPS) is 23.1. The Morgan fingerprint density at radius 1 is 1.33 bits per heavy atom. The first-order chi connectivity index (χ1) is 9.88. The van der Waals surface area contributed by atoms with Gasteiger partial charge in [0.25, 0.3) is 0 Å². The lowest BCUT2D eigenvalue weighted by Gasteiger charge is -2.44. The topological polar surface area (TPSA) is 15.3 Å². The van der Waals surface area contributed by atoms with Crippen molar-refractivity contribution in [1.82, 2.24) is 5.32 Å². The first-order valence-corrected chi connectivity index (χ1v) is 8.21. The first-order valence-electron chi connectivity index (χ1n) is 7.83. The van der Waals surface area contributed by atoms with Crippen LogP contribution in [0.25, 0.3) is 0 Å². The second-order valence-electron chi connectivity index (χ2n) is 6.80. The summed E-state index contributed by atoms with van der Waals surface area (Å²) in [5.41, 5.74) is 0.936. The zero-order chi connectivity index (χ0) is 15.6. The minimum absolute atomic E-state index is 0.189. The summed E-state index contributed by atoms with van der Waals surface area (Å²) in [6.07, 6.45) is 1.14. The van der Waals surface area contributed by atoms with Crippen molar-refractivity contribution in [1.29, 1.82) is 0 Å². The van der Waals surface area contributed by atoms with Crippen LogP contribution in [-0.2, 0) is 0 Å². The number of nitrogens with zero attached hydrogens (tertiary/aromatic N) is 1. The van der Waals surface area contributed by atoms with Crippen LogP contribution in [-0.4, -0.2) is 25.2 Å². The average molecular weight is 313 g/mol. The van der Waals surface area contributed by atoms with Crippen molar-refractivity contribution in [3.63, 3.8) is 0 Å². The first kappa shape index (κ1) is 16.6. The van der Waals surface area contributed by atoms with Crippen molar-refractivity contribution in [2.24, 2.45) is 11.8 Å². The molecule has 0 aliphatic carbocycles. The van der Waals surface area contributed by atoms with Crippen LogP contribution in [0.1, 0.15) is 34.1 Å². The molecule has 1 heterocycles. The lowest BCUT2D eigenvalue weighted by molar-refractivity contribution is 0.310. The van der Waals surface area contributed by atoms with Crippen LogP contribution in [0.15, 0.2) is 18.2 Å². The Bertz CT molecular complexity index is 476. The van der Waals surface area contributed by atoms with Gasteiger partial charge in [0, 0.05) is 30.9 Å². The standard InChI is InChI=1S/C17H26ClFN2/c1-11(2)7-13-10-21(17(9-20-13)12(3)4)14-5-6-15(18)16(19)8-14/h5-6,8,11-13,17,20H,7,9-10H2,1-4H3. The molecule has 118 valence electrons. The molecule has 0 amide bonds. The van der Waals surface area contributed by atoms with Crippen LogP contribution in [0.3, 0.4) is 0 Å². The fourth-order valence-corrected chi connectivity index (χ4v) is 3.24. The Hall–Kier alpha value is -0.800. The van der Waals surface area contributed by atoms with Gasteiger partial charge in [-0.2, -0.15) is 0 Å². The van der Waals surface area contributed by atoms with Crippen molar-refractivity contribution in [2.75, 3.05) is 18.0 Å². The molecular weight excluding hydrogens is 287 g/mol. The third kappa shape index (κ3) is 4.10. The third-order valence-corrected chi connectivity index (χ3v) is 4.50. The van der Waals surface area contributed by atoms with E-state index in [1.807, 2.05) is 6.07 Å². The molecule has 0 radical (unpaired) electrons. The molecule has 21 heavy (non-hydrogen) atoms. The van der Waals surface area contributed by atoms with Crippen LogP contribution < -0.4 is 10.2 Å². The number of rotatable bonds is 4. The maximum absolute atomic E-state index is 13.8. The third-order valence-electron chi connectivity index (χ3n) is 4.19. The van der Waals surface area contributed by atoms with E-state index in [-0.39, 0.29) is 10.8 Å². The Morgan fingerprint density at radius 2 is 2.05 bits per heavy atom. The SMILES string of the molecule is CC(C)CC1CN(c2ccc(Cl)c(F)c2)C(C(C)C)CN1. The molecule has 2 rings (SSSR count). The van der Waals surface area contributed by atoms with Crippen LogP contribution in [0.4, 0.5) is 10.1 Å². The van der Waals surface area contributed by atoms with Crippen molar-refractivity contribution < 1.29 is 4.39 Å². The highest BCUT2D eigenvalue weighted by atomic mass is 35.5. The highest BCUT2D eigenvalue weighted by Gasteiger charge is 2.30. The van der Waals surface area contributed by atoms with Gasteiger partial charge >= 0.3 is 0 Å². The van der Waals surface area contributed by atoms with Crippen LogP contribution >= 0.6 is 11.6 Å². The Kier molecular flexibility index (Phi) is 5.50. The summed E-state index contributed by atoms with van der Waals surface area (Å²) in [5, 5.41) is 3.83. The quantitative estimate of drug-likeness (QED) is 0.890. The number of hydrogen-bond donors (Lipinski definition) is 1. The summed E-state index contributed by atoms with van der Waals surface area (Å²) in [7, 11) is 0. The van der Waals surface area contributed by atoms with Crippen LogP contribution in [0.2, 0.25) is 5.02 Å². The van der Waals surface area contributed by atoms with Crippen molar-refractivity contribution in [3.05, 3.63) is 29.0 Å². The highest BCUT2D eigenvalue weighted by Crippen LogP contribution is 2.28. The summed E-state index contributed by atoms with van der Waals surface area (Å²) < 4.78 is 13.8. The van der Waals surface area contributed by atoms with Crippen molar-refractivity contribution in [2.45, 2.75) is 46.2 Å². The molecular formula is C17H26ClFN2. The van der Waals surface area contributed by atoms with Gasteiger partial charge in [0.05, 0.1) is 5.02 Å². The maximum atomic E-state index is 13.8. The van der Waals surface area contributed by atoms with E-state index in [4.69, 9.17) is 11.6 Å². The van der Waals surface area contributed by atoms with Gasteiger partial charge in [0.15, 0.2) is 0 Å². The van der Waals surface area contributed by atoms with Crippen LogP contribution in [0.5, 0.6) is 0 Å². The molecule has 0 aromatic heterocycles. The molecule has 1 fully saturated rings. The second-order valence-corrected chi connectivity index (χ2v) is 7.20. The Balaban J connectivity index is 2.22. The molecule has 1 aliphatic heterocycles. The van der Waals surface area contributed by atoms with Gasteiger partial charge in [-0.05, 0) is 36.5 Å². The maximum Gasteiger partial charge on any atom is 0.143 e. The fourth-order valence-electron chi connectivity index (χ4n) is 3.12. The predicted molar refractivity (Wildman–Crippen MR) is 88.6 cm³/mol. The fraction of sp³-hybridized carbons (Fsp3) is 0.647. The molecule has 0 bridgehead atoms. The van der Waals surface area contributed by atoms with E-state index in [1.54, 1.807) is 12.1 Å². The largest absolute Gasteiger partial charge is 0.365 e. The van der Waals surface area contributed by atoms with E-state index < -0.39 is 0 Å². The van der Waals surface area contributed by atoms with E-state index in [9.17, 15) is 4.39 Å². The van der Waals surface area contributed by atoms with Crippen molar-refractivity contribution >= 4 is 17.3 Å². The average Bonchev–Trinajstić information content (AvgIpc) is 2.41. The second kappa shape index (κ2) is 6.97. The summed E-state index contributed by atoms with van der Waals surface area (Å²) in [6.45, 7) is 10.8. The van der Waals surface area contributed by atoms with Crippen molar-refractivity contribution in [3.8, 4) is 0 Å². The Morgan fingerprint density at radius 3 is 2.62 bits per heavy atom. The van der Waals surface area contributed by atoms with E-state index >= 15 is 0 Å². The zero-order valence-corrected chi connectivity index (χ0v) is 14.1. The van der Waals surface area contributed by atoms with Gasteiger partial charge in [-0.1, -0.05) is 39.3 Å². The molecule has 1 aromatic rings. The van der Waals surface area contributed by atoms with E-state index in [0.29, 0.717) is 23.9 Å². The number of piperazine rings is 1. The lowest BCUT2D eigenvalue weighted by Crippen LogP contribution is -2.58. The summed E-state index contributed by atoms with van der Waals surface area (Å²) >= 11 is 5.81. The lowest BCUT2D eigenvalue weighted by atomic mass is 9.94. The van der Waals surface area contributed by atoms with E-state index in [2.05, 4.69) is 37.9 Å². The smallest absolute Gasteiger partial charge is 0.143 e. The number of nitrogens with one attached hydrogen (secondary N) is 1. The van der Waals surface area contributed by atoms with Gasteiger partial charge in [-0.3, -0.25) is 0 Å². The van der Waals surface area contributed by atoms with Gasteiger partial charge in [-0.15, -0.1) is 0 Å². The monoisotopic (exact) mass is 312 g/mol. The predicted octanol–water partition coefficient (Wildman–Crippen LogP) is 4.33. The summed E-state index contributed by atoms with van der Waals surface area (Å²) in [6, 6.07) is 5.99. The Labute approximate surface area is 132 Å². The minimum atomic E-state index is -0.337. The molecule has 2 nitrogen and oxygen atoms in total. The number of benzene rings is 1. The minimum Gasteiger partial charge on any atom is -0.365 e. The highest BCUT2D eigenvalue weighted by molar-refractivity contribution is 6.30. The molecule has 4 heteroatoms. The molecule has 2 atom stereocenters. The molecule has 1 aromatic carbocycles.